The Kier molecular flexibility index (Phi) is 4.99. The summed E-state index contributed by atoms with van der Waals surface area (Å²) in [6.45, 7) is 3.91. The molecular weight excluding hydrogens is 204 g/mol. The van der Waals surface area contributed by atoms with Gasteiger partial charge in [-0.25, -0.2) is 0 Å². The van der Waals surface area contributed by atoms with Crippen molar-refractivity contribution < 1.29 is 14.6 Å². The maximum Gasteiger partial charge on any atom is 0.311 e. The number of unbranched alkanes of at least 4 members (excludes halogenated alkanes) is 1. The molecule has 3 nitrogen and oxygen atoms in total. The van der Waals surface area contributed by atoms with Crippen LogP contribution in [0.1, 0.15) is 37.3 Å². The maximum absolute atomic E-state index is 11.4. The van der Waals surface area contributed by atoms with Gasteiger partial charge in [0.25, 0.3) is 0 Å². The zero-order valence-corrected chi connectivity index (χ0v) is 9.82. The van der Waals surface area contributed by atoms with Crippen LogP contribution in [0.15, 0.2) is 18.2 Å². The lowest BCUT2D eigenvalue weighted by Gasteiger charge is -2.07. The van der Waals surface area contributed by atoms with Gasteiger partial charge in [-0.05, 0) is 36.6 Å². The third-order valence-electron chi connectivity index (χ3n) is 2.46. The van der Waals surface area contributed by atoms with Gasteiger partial charge in [0.15, 0.2) is 0 Å². The quantitative estimate of drug-likeness (QED) is 0.615. The molecule has 3 heteroatoms. The molecular formula is C13H18O3. The average molecular weight is 222 g/mol. The van der Waals surface area contributed by atoms with Gasteiger partial charge in [0.05, 0.1) is 6.61 Å². The second-order valence-electron chi connectivity index (χ2n) is 3.82. The first-order chi connectivity index (χ1) is 7.67. The molecule has 0 aliphatic carbocycles. The molecule has 0 atom stereocenters. The molecule has 0 aliphatic rings. The minimum atomic E-state index is -0.213. The van der Waals surface area contributed by atoms with E-state index in [0.29, 0.717) is 12.2 Å². The minimum Gasteiger partial charge on any atom is -0.427 e. The van der Waals surface area contributed by atoms with Crippen molar-refractivity contribution in [2.75, 3.05) is 0 Å². The summed E-state index contributed by atoms with van der Waals surface area (Å²) in [5.41, 5.74) is 1.79. The molecule has 0 heterocycles. The van der Waals surface area contributed by atoms with E-state index in [-0.39, 0.29) is 12.6 Å². The van der Waals surface area contributed by atoms with Crippen molar-refractivity contribution in [1.29, 1.82) is 0 Å². The second-order valence-corrected chi connectivity index (χ2v) is 3.82. The first kappa shape index (κ1) is 12.7. The van der Waals surface area contributed by atoms with Crippen LogP contribution in [0.2, 0.25) is 0 Å². The molecule has 0 aromatic heterocycles. The number of benzene rings is 1. The molecule has 1 aromatic carbocycles. The number of carbonyl (C=O) groups excluding carboxylic acids is 1. The Morgan fingerprint density at radius 1 is 1.44 bits per heavy atom. The Balaban J connectivity index is 2.63. The number of aliphatic hydroxyl groups excluding tert-OH is 1. The summed E-state index contributed by atoms with van der Waals surface area (Å²) in [5, 5.41) is 9.08. The first-order valence-corrected chi connectivity index (χ1v) is 5.58. The molecule has 0 bridgehead atoms. The third kappa shape index (κ3) is 3.66. The van der Waals surface area contributed by atoms with Crippen LogP contribution in [0.5, 0.6) is 5.75 Å². The van der Waals surface area contributed by atoms with Crippen LogP contribution in [0, 0.1) is 6.92 Å². The van der Waals surface area contributed by atoms with Gasteiger partial charge in [0.2, 0.25) is 0 Å². The van der Waals surface area contributed by atoms with E-state index in [1.165, 1.54) is 0 Å². The van der Waals surface area contributed by atoms with Crippen LogP contribution in [-0.4, -0.2) is 11.1 Å². The summed E-state index contributed by atoms with van der Waals surface area (Å²) in [6.07, 6.45) is 2.27. The van der Waals surface area contributed by atoms with Crippen LogP contribution < -0.4 is 4.74 Å². The Morgan fingerprint density at radius 3 is 2.81 bits per heavy atom. The number of esters is 1. The van der Waals surface area contributed by atoms with Crippen molar-refractivity contribution in [2.45, 2.75) is 39.7 Å². The summed E-state index contributed by atoms with van der Waals surface area (Å²) in [7, 11) is 0. The number of hydrogen-bond donors (Lipinski definition) is 1. The molecule has 0 aliphatic heterocycles. The van der Waals surface area contributed by atoms with Gasteiger partial charge < -0.3 is 9.84 Å². The molecule has 0 saturated carbocycles. The predicted molar refractivity (Wildman–Crippen MR) is 62.3 cm³/mol. The zero-order chi connectivity index (χ0) is 12.0. The number of aryl methyl sites for hydroxylation is 1. The van der Waals surface area contributed by atoms with Crippen molar-refractivity contribution in [3.63, 3.8) is 0 Å². The number of hydrogen-bond acceptors (Lipinski definition) is 3. The number of carbonyl (C=O) groups is 1. The normalized spacial score (nSPS) is 10.2. The van der Waals surface area contributed by atoms with Crippen molar-refractivity contribution in [3.05, 3.63) is 29.3 Å². The Hall–Kier alpha value is -1.35. The van der Waals surface area contributed by atoms with E-state index in [4.69, 9.17) is 9.84 Å². The predicted octanol–water partition coefficient (Wildman–Crippen LogP) is 2.58. The number of ether oxygens (including phenoxy) is 1. The van der Waals surface area contributed by atoms with Gasteiger partial charge in [0.1, 0.15) is 5.75 Å². The lowest BCUT2D eigenvalue weighted by Crippen LogP contribution is -2.07. The molecule has 16 heavy (non-hydrogen) atoms. The average Bonchev–Trinajstić information content (AvgIpc) is 2.29. The van der Waals surface area contributed by atoms with Crippen LogP contribution in [0.3, 0.4) is 0 Å². The number of aliphatic hydroxyl groups is 1. The van der Waals surface area contributed by atoms with Gasteiger partial charge >= 0.3 is 5.97 Å². The Labute approximate surface area is 96.1 Å². The highest BCUT2D eigenvalue weighted by Gasteiger charge is 2.05. The molecule has 1 N–H and O–H groups in total. The zero-order valence-electron chi connectivity index (χ0n) is 9.82. The topological polar surface area (TPSA) is 46.5 Å². The molecule has 1 aromatic rings. The lowest BCUT2D eigenvalue weighted by molar-refractivity contribution is -0.134. The molecule has 0 fully saturated rings. The van der Waals surface area contributed by atoms with Gasteiger partial charge in [-0.3, -0.25) is 4.79 Å². The van der Waals surface area contributed by atoms with E-state index in [9.17, 15) is 4.79 Å². The largest absolute Gasteiger partial charge is 0.427 e. The van der Waals surface area contributed by atoms with Gasteiger partial charge in [-0.2, -0.15) is 0 Å². The van der Waals surface area contributed by atoms with Gasteiger partial charge in [-0.15, -0.1) is 0 Å². The first-order valence-electron chi connectivity index (χ1n) is 5.58. The summed E-state index contributed by atoms with van der Waals surface area (Å²) < 4.78 is 5.16. The van der Waals surface area contributed by atoms with E-state index >= 15 is 0 Å². The van der Waals surface area contributed by atoms with Gasteiger partial charge in [-0.1, -0.05) is 19.4 Å². The van der Waals surface area contributed by atoms with E-state index in [1.807, 2.05) is 19.9 Å². The summed E-state index contributed by atoms with van der Waals surface area (Å²) in [4.78, 5) is 11.4. The van der Waals surface area contributed by atoms with Crippen LogP contribution in [0.25, 0.3) is 0 Å². The SMILES string of the molecule is CCCCC(=O)Oc1ccc(C)c(CO)c1. The van der Waals surface area contributed by atoms with E-state index in [2.05, 4.69) is 0 Å². The summed E-state index contributed by atoms with van der Waals surface area (Å²) >= 11 is 0. The van der Waals surface area contributed by atoms with Gasteiger partial charge in [0, 0.05) is 6.42 Å². The molecule has 0 spiro atoms. The minimum absolute atomic E-state index is 0.0355. The Bertz CT molecular complexity index is 358. The summed E-state index contributed by atoms with van der Waals surface area (Å²) in [5.74, 6) is 0.297. The highest BCUT2D eigenvalue weighted by atomic mass is 16.5. The van der Waals surface area contributed by atoms with Crippen LogP contribution in [0.4, 0.5) is 0 Å². The number of rotatable bonds is 5. The molecule has 1 rings (SSSR count). The summed E-state index contributed by atoms with van der Waals surface area (Å²) in [6, 6.07) is 5.30. The monoisotopic (exact) mass is 222 g/mol. The molecule has 0 saturated heterocycles. The van der Waals surface area contributed by atoms with Crippen molar-refractivity contribution in [2.24, 2.45) is 0 Å². The molecule has 0 unspecified atom stereocenters. The van der Waals surface area contributed by atoms with Crippen LogP contribution >= 0.6 is 0 Å². The molecule has 0 radical (unpaired) electrons. The fourth-order valence-electron chi connectivity index (χ4n) is 1.39. The lowest BCUT2D eigenvalue weighted by atomic mass is 10.1. The van der Waals surface area contributed by atoms with Crippen molar-refractivity contribution in [3.8, 4) is 5.75 Å². The van der Waals surface area contributed by atoms with E-state index in [0.717, 1.165) is 24.0 Å². The van der Waals surface area contributed by atoms with E-state index < -0.39 is 0 Å². The van der Waals surface area contributed by atoms with Crippen molar-refractivity contribution in [1.82, 2.24) is 0 Å². The standard InChI is InChI=1S/C13H18O3/c1-3-4-5-13(15)16-12-7-6-10(2)11(8-12)9-14/h6-8,14H,3-5,9H2,1-2H3. The van der Waals surface area contributed by atoms with Crippen molar-refractivity contribution >= 4 is 5.97 Å². The Morgan fingerprint density at radius 2 is 2.19 bits per heavy atom. The highest BCUT2D eigenvalue weighted by molar-refractivity contribution is 5.72. The van der Waals surface area contributed by atoms with E-state index in [1.54, 1.807) is 12.1 Å². The molecule has 88 valence electrons. The third-order valence-corrected chi connectivity index (χ3v) is 2.46. The fraction of sp³-hybridized carbons (Fsp3) is 0.462. The fourth-order valence-corrected chi connectivity index (χ4v) is 1.39. The smallest absolute Gasteiger partial charge is 0.311 e. The van der Waals surface area contributed by atoms with Crippen LogP contribution in [-0.2, 0) is 11.4 Å². The maximum atomic E-state index is 11.4. The highest BCUT2D eigenvalue weighted by Crippen LogP contribution is 2.18. The second kappa shape index (κ2) is 6.28. The molecule has 0 amide bonds.